The van der Waals surface area contributed by atoms with Crippen molar-refractivity contribution in [3.05, 3.63) is 29.3 Å². The molecular formula is C13H16N2O5. The maximum Gasteiger partial charge on any atom is 0.335 e. The van der Waals surface area contributed by atoms with Crippen LogP contribution in [0.3, 0.4) is 0 Å². The fourth-order valence-corrected chi connectivity index (χ4v) is 1.48. The molecule has 0 saturated heterocycles. The average molecular weight is 280 g/mol. The van der Waals surface area contributed by atoms with Crippen LogP contribution < -0.4 is 15.4 Å². The van der Waals surface area contributed by atoms with Crippen LogP contribution in [0.4, 0.5) is 4.79 Å². The molecule has 0 fully saturated rings. The number of aryl methyl sites for hydroxylation is 1. The predicted molar refractivity (Wildman–Crippen MR) is 70.8 cm³/mol. The fourth-order valence-electron chi connectivity index (χ4n) is 1.48. The molecule has 0 unspecified atom stereocenters. The number of urea groups is 1. The molecule has 0 aliphatic heterocycles. The van der Waals surface area contributed by atoms with Crippen molar-refractivity contribution in [3.63, 3.8) is 0 Å². The number of aromatic carboxylic acids is 1. The lowest BCUT2D eigenvalue weighted by atomic mass is 10.1. The highest BCUT2D eigenvalue weighted by Crippen LogP contribution is 2.17. The monoisotopic (exact) mass is 280 g/mol. The summed E-state index contributed by atoms with van der Waals surface area (Å²) in [4.78, 5) is 33.0. The van der Waals surface area contributed by atoms with Gasteiger partial charge in [0.2, 0.25) is 5.91 Å². The van der Waals surface area contributed by atoms with Gasteiger partial charge in [-0.3, -0.25) is 10.1 Å². The lowest BCUT2D eigenvalue weighted by Gasteiger charge is -2.08. The number of hydrogen-bond donors (Lipinski definition) is 3. The number of nitrogens with one attached hydrogen (secondary N) is 2. The summed E-state index contributed by atoms with van der Waals surface area (Å²) in [7, 11) is 1.41. The van der Waals surface area contributed by atoms with Crippen LogP contribution in [0.15, 0.2) is 18.2 Å². The van der Waals surface area contributed by atoms with Crippen molar-refractivity contribution in [3.8, 4) is 5.75 Å². The largest absolute Gasteiger partial charge is 0.493 e. The number of hydrogen-bond acceptors (Lipinski definition) is 4. The van der Waals surface area contributed by atoms with Crippen LogP contribution >= 0.6 is 0 Å². The second-order valence-electron chi connectivity index (χ2n) is 4.01. The van der Waals surface area contributed by atoms with E-state index in [0.717, 1.165) is 0 Å². The van der Waals surface area contributed by atoms with Crippen molar-refractivity contribution in [2.45, 2.75) is 13.3 Å². The zero-order valence-electron chi connectivity index (χ0n) is 11.2. The van der Waals surface area contributed by atoms with Crippen LogP contribution in [0.25, 0.3) is 0 Å². The molecule has 1 rings (SSSR count). The van der Waals surface area contributed by atoms with Gasteiger partial charge in [0.1, 0.15) is 5.75 Å². The Labute approximate surface area is 115 Å². The van der Waals surface area contributed by atoms with E-state index >= 15 is 0 Å². The lowest BCUT2D eigenvalue weighted by Crippen LogP contribution is -2.37. The van der Waals surface area contributed by atoms with E-state index in [4.69, 9.17) is 9.84 Å². The summed E-state index contributed by atoms with van der Waals surface area (Å²) in [6, 6.07) is 3.97. The Kier molecular flexibility index (Phi) is 5.52. The van der Waals surface area contributed by atoms with Crippen molar-refractivity contribution in [2.75, 3.05) is 13.7 Å². The Hall–Kier alpha value is -2.57. The summed E-state index contributed by atoms with van der Waals surface area (Å²) < 4.78 is 5.32. The molecule has 108 valence electrons. The highest BCUT2D eigenvalue weighted by Gasteiger charge is 2.09. The van der Waals surface area contributed by atoms with E-state index < -0.39 is 17.9 Å². The number of ether oxygens (including phenoxy) is 1. The molecule has 0 spiro atoms. The highest BCUT2D eigenvalue weighted by atomic mass is 16.5. The molecular weight excluding hydrogens is 264 g/mol. The number of carbonyl (C=O) groups is 3. The van der Waals surface area contributed by atoms with Crippen LogP contribution in [0.2, 0.25) is 0 Å². The topological polar surface area (TPSA) is 105 Å². The zero-order chi connectivity index (χ0) is 15.1. The summed E-state index contributed by atoms with van der Waals surface area (Å²) in [5, 5.41) is 13.2. The van der Waals surface area contributed by atoms with Gasteiger partial charge in [0.15, 0.2) is 0 Å². The van der Waals surface area contributed by atoms with E-state index in [-0.39, 0.29) is 18.6 Å². The van der Waals surface area contributed by atoms with Crippen molar-refractivity contribution in [1.29, 1.82) is 0 Å². The van der Waals surface area contributed by atoms with Gasteiger partial charge in [-0.15, -0.1) is 0 Å². The van der Waals surface area contributed by atoms with Gasteiger partial charge in [-0.25, -0.2) is 9.59 Å². The number of carbonyl (C=O) groups excluding carboxylic acids is 2. The molecule has 1 aromatic carbocycles. The smallest absolute Gasteiger partial charge is 0.335 e. The van der Waals surface area contributed by atoms with E-state index in [0.29, 0.717) is 11.3 Å². The van der Waals surface area contributed by atoms with E-state index in [9.17, 15) is 14.4 Å². The molecule has 3 N–H and O–H groups in total. The van der Waals surface area contributed by atoms with Gasteiger partial charge in [-0.2, -0.15) is 0 Å². The Morgan fingerprint density at radius 3 is 2.55 bits per heavy atom. The number of imide groups is 1. The van der Waals surface area contributed by atoms with Crippen molar-refractivity contribution in [1.82, 2.24) is 10.6 Å². The molecule has 20 heavy (non-hydrogen) atoms. The van der Waals surface area contributed by atoms with Gasteiger partial charge in [0.05, 0.1) is 18.6 Å². The summed E-state index contributed by atoms with van der Waals surface area (Å²) in [5.41, 5.74) is 0.777. The van der Waals surface area contributed by atoms with E-state index in [1.165, 1.54) is 19.2 Å². The zero-order valence-corrected chi connectivity index (χ0v) is 11.2. The molecule has 7 heteroatoms. The molecule has 7 nitrogen and oxygen atoms in total. The summed E-state index contributed by atoms with van der Waals surface area (Å²) in [5.74, 6) is -0.984. The van der Waals surface area contributed by atoms with E-state index in [1.54, 1.807) is 13.0 Å². The second-order valence-corrected chi connectivity index (χ2v) is 4.01. The number of carboxylic acid groups (broad SMARTS) is 1. The van der Waals surface area contributed by atoms with Crippen LogP contribution in [-0.4, -0.2) is 36.7 Å². The van der Waals surface area contributed by atoms with E-state index in [2.05, 4.69) is 10.6 Å². The van der Waals surface area contributed by atoms with Gasteiger partial charge in [-0.05, 0) is 30.7 Å². The summed E-state index contributed by atoms with van der Waals surface area (Å²) in [6.07, 6.45) is 0.0210. The molecule has 1 aromatic rings. The summed E-state index contributed by atoms with van der Waals surface area (Å²) in [6.45, 7) is 1.75. The molecule has 0 aliphatic rings. The first-order chi connectivity index (χ1) is 9.43. The van der Waals surface area contributed by atoms with Crippen LogP contribution in [0.5, 0.6) is 5.75 Å². The molecule has 0 atom stereocenters. The molecule has 0 aromatic heterocycles. The minimum absolute atomic E-state index is 0.0210. The first-order valence-electron chi connectivity index (χ1n) is 5.92. The van der Waals surface area contributed by atoms with Gasteiger partial charge < -0.3 is 15.2 Å². The standard InChI is InChI=1S/C13H16N2O5/c1-8-7-9(3-4-10(8)12(17)18)20-6-5-11(16)15-13(19)14-2/h3-4,7H,5-6H2,1-2H3,(H,17,18)(H2,14,15,16,19). The van der Waals surface area contributed by atoms with Crippen LogP contribution in [0, 0.1) is 6.92 Å². The molecule has 3 amide bonds. The molecule has 0 bridgehead atoms. The average Bonchev–Trinajstić information content (AvgIpc) is 2.38. The van der Waals surface area contributed by atoms with Crippen molar-refractivity contribution < 1.29 is 24.2 Å². The van der Waals surface area contributed by atoms with Crippen molar-refractivity contribution in [2.24, 2.45) is 0 Å². The SMILES string of the molecule is CNC(=O)NC(=O)CCOc1ccc(C(=O)O)c(C)c1. The maximum atomic E-state index is 11.3. The maximum absolute atomic E-state index is 11.3. The molecule has 0 saturated carbocycles. The van der Waals surface area contributed by atoms with Gasteiger partial charge in [-0.1, -0.05) is 0 Å². The first kappa shape index (κ1) is 15.5. The third-order valence-corrected chi connectivity index (χ3v) is 2.51. The van der Waals surface area contributed by atoms with E-state index in [1.807, 2.05) is 0 Å². The first-order valence-corrected chi connectivity index (χ1v) is 5.92. The normalized spacial score (nSPS) is 9.70. The fraction of sp³-hybridized carbons (Fsp3) is 0.308. The number of benzene rings is 1. The molecule has 0 heterocycles. The number of carboxylic acids is 1. The third kappa shape index (κ3) is 4.60. The van der Waals surface area contributed by atoms with Gasteiger partial charge >= 0.3 is 12.0 Å². The lowest BCUT2D eigenvalue weighted by molar-refractivity contribution is -0.120. The number of amides is 3. The second kappa shape index (κ2) is 7.13. The highest BCUT2D eigenvalue weighted by molar-refractivity contribution is 5.94. The number of rotatable bonds is 5. The van der Waals surface area contributed by atoms with Crippen LogP contribution in [-0.2, 0) is 4.79 Å². The molecule has 0 radical (unpaired) electrons. The minimum Gasteiger partial charge on any atom is -0.493 e. The Morgan fingerprint density at radius 2 is 2.00 bits per heavy atom. The Balaban J connectivity index is 2.47. The Bertz CT molecular complexity index is 527. The third-order valence-electron chi connectivity index (χ3n) is 2.51. The summed E-state index contributed by atoms with van der Waals surface area (Å²) >= 11 is 0. The molecule has 0 aliphatic carbocycles. The minimum atomic E-state index is -1.00. The van der Waals surface area contributed by atoms with Gasteiger partial charge in [0.25, 0.3) is 0 Å². The van der Waals surface area contributed by atoms with Crippen LogP contribution in [0.1, 0.15) is 22.3 Å². The van der Waals surface area contributed by atoms with Crippen molar-refractivity contribution >= 4 is 17.9 Å². The van der Waals surface area contributed by atoms with Gasteiger partial charge in [0, 0.05) is 7.05 Å². The Morgan fingerprint density at radius 1 is 1.30 bits per heavy atom. The quantitative estimate of drug-likeness (QED) is 0.743. The predicted octanol–water partition coefficient (Wildman–Crippen LogP) is 0.918.